The Morgan fingerprint density at radius 2 is 2.25 bits per heavy atom. The molecule has 6 heteroatoms. The lowest BCUT2D eigenvalue weighted by atomic mass is 10.1. The fourth-order valence-corrected chi connectivity index (χ4v) is 2.54. The van der Waals surface area contributed by atoms with Gasteiger partial charge in [0.15, 0.2) is 0 Å². The van der Waals surface area contributed by atoms with Crippen molar-refractivity contribution in [3.05, 3.63) is 11.7 Å². The van der Waals surface area contributed by atoms with Crippen molar-refractivity contribution in [1.29, 1.82) is 0 Å². The SMILES string of the molecule is CCCNC(Cc1nc(C2COCCO2)no1)C1CC1. The van der Waals surface area contributed by atoms with Crippen LogP contribution in [0.4, 0.5) is 0 Å². The van der Waals surface area contributed by atoms with Crippen LogP contribution in [0.15, 0.2) is 4.52 Å². The van der Waals surface area contributed by atoms with Gasteiger partial charge >= 0.3 is 0 Å². The Hall–Kier alpha value is -0.980. The second-order valence-electron chi connectivity index (χ2n) is 5.58. The molecule has 112 valence electrons. The summed E-state index contributed by atoms with van der Waals surface area (Å²) >= 11 is 0. The Labute approximate surface area is 119 Å². The molecule has 1 aliphatic carbocycles. The van der Waals surface area contributed by atoms with E-state index in [-0.39, 0.29) is 6.10 Å². The first-order chi connectivity index (χ1) is 9.86. The van der Waals surface area contributed by atoms with Crippen molar-refractivity contribution >= 4 is 0 Å². The highest BCUT2D eigenvalue weighted by molar-refractivity contribution is 4.97. The van der Waals surface area contributed by atoms with Crippen LogP contribution in [0.25, 0.3) is 0 Å². The van der Waals surface area contributed by atoms with Gasteiger partial charge in [-0.1, -0.05) is 12.1 Å². The van der Waals surface area contributed by atoms with Gasteiger partial charge in [-0.2, -0.15) is 4.98 Å². The average molecular weight is 281 g/mol. The fraction of sp³-hybridized carbons (Fsp3) is 0.857. The minimum Gasteiger partial charge on any atom is -0.376 e. The Kier molecular flexibility index (Phi) is 4.65. The largest absolute Gasteiger partial charge is 0.376 e. The van der Waals surface area contributed by atoms with E-state index >= 15 is 0 Å². The van der Waals surface area contributed by atoms with Gasteiger partial charge in [-0.15, -0.1) is 0 Å². The first kappa shape index (κ1) is 14.0. The van der Waals surface area contributed by atoms with E-state index in [9.17, 15) is 0 Å². The van der Waals surface area contributed by atoms with E-state index in [1.54, 1.807) is 0 Å². The van der Waals surface area contributed by atoms with E-state index in [0.717, 1.165) is 25.3 Å². The molecule has 0 spiro atoms. The molecule has 0 amide bonds. The maximum atomic E-state index is 5.58. The lowest BCUT2D eigenvalue weighted by molar-refractivity contribution is -0.0941. The summed E-state index contributed by atoms with van der Waals surface area (Å²) in [5, 5.41) is 7.62. The smallest absolute Gasteiger partial charge is 0.228 e. The molecule has 20 heavy (non-hydrogen) atoms. The van der Waals surface area contributed by atoms with Crippen LogP contribution >= 0.6 is 0 Å². The van der Waals surface area contributed by atoms with Crippen LogP contribution in [0.2, 0.25) is 0 Å². The average Bonchev–Trinajstić information content (AvgIpc) is 3.23. The Morgan fingerprint density at radius 3 is 2.95 bits per heavy atom. The molecule has 1 aromatic rings. The van der Waals surface area contributed by atoms with Crippen molar-refractivity contribution in [2.45, 2.75) is 44.8 Å². The number of ether oxygens (including phenoxy) is 2. The zero-order valence-corrected chi connectivity index (χ0v) is 12.0. The van der Waals surface area contributed by atoms with Gasteiger partial charge < -0.3 is 19.3 Å². The zero-order valence-electron chi connectivity index (χ0n) is 12.0. The van der Waals surface area contributed by atoms with Crippen molar-refractivity contribution in [3.8, 4) is 0 Å². The third-order valence-electron chi connectivity index (χ3n) is 3.83. The monoisotopic (exact) mass is 281 g/mol. The molecule has 1 aliphatic heterocycles. The molecule has 2 heterocycles. The van der Waals surface area contributed by atoms with Gasteiger partial charge in [0.1, 0.15) is 6.10 Å². The number of rotatable bonds is 7. The highest BCUT2D eigenvalue weighted by Gasteiger charge is 2.32. The predicted molar refractivity (Wildman–Crippen MR) is 72.3 cm³/mol. The van der Waals surface area contributed by atoms with E-state index in [2.05, 4.69) is 22.4 Å². The van der Waals surface area contributed by atoms with Crippen LogP contribution in [-0.2, 0) is 15.9 Å². The molecule has 1 aromatic heterocycles. The summed E-state index contributed by atoms with van der Waals surface area (Å²) in [7, 11) is 0. The van der Waals surface area contributed by atoms with Crippen molar-refractivity contribution in [2.75, 3.05) is 26.4 Å². The van der Waals surface area contributed by atoms with Crippen LogP contribution in [-0.4, -0.2) is 42.5 Å². The van der Waals surface area contributed by atoms with E-state index in [0.29, 0.717) is 37.6 Å². The van der Waals surface area contributed by atoms with Crippen molar-refractivity contribution < 1.29 is 14.0 Å². The number of hydrogen-bond acceptors (Lipinski definition) is 6. The predicted octanol–water partition coefficient (Wildman–Crippen LogP) is 1.48. The van der Waals surface area contributed by atoms with Crippen LogP contribution in [0.3, 0.4) is 0 Å². The minimum atomic E-state index is -0.177. The molecule has 2 fully saturated rings. The number of nitrogens with zero attached hydrogens (tertiary/aromatic N) is 2. The lowest BCUT2D eigenvalue weighted by Gasteiger charge is -2.19. The van der Waals surface area contributed by atoms with Gasteiger partial charge in [0.25, 0.3) is 0 Å². The van der Waals surface area contributed by atoms with E-state index in [1.807, 2.05) is 0 Å². The Balaban J connectivity index is 1.57. The van der Waals surface area contributed by atoms with Crippen LogP contribution in [0, 0.1) is 5.92 Å². The van der Waals surface area contributed by atoms with Crippen molar-refractivity contribution in [2.24, 2.45) is 5.92 Å². The summed E-state index contributed by atoms with van der Waals surface area (Å²) in [5.41, 5.74) is 0. The molecule has 2 atom stereocenters. The summed E-state index contributed by atoms with van der Waals surface area (Å²) in [6.45, 7) is 4.98. The second kappa shape index (κ2) is 6.65. The minimum absolute atomic E-state index is 0.177. The number of aromatic nitrogens is 2. The zero-order chi connectivity index (χ0) is 13.8. The van der Waals surface area contributed by atoms with Crippen LogP contribution in [0.1, 0.15) is 44.0 Å². The molecule has 6 nitrogen and oxygen atoms in total. The van der Waals surface area contributed by atoms with Gasteiger partial charge in [-0.05, 0) is 31.7 Å². The van der Waals surface area contributed by atoms with E-state index in [4.69, 9.17) is 14.0 Å². The quantitative estimate of drug-likeness (QED) is 0.816. The molecule has 2 aliphatic rings. The van der Waals surface area contributed by atoms with Gasteiger partial charge in [0.05, 0.1) is 19.8 Å². The standard InChI is InChI=1S/C14H23N3O3/c1-2-5-15-11(10-3-4-10)8-13-16-14(17-20-13)12-9-18-6-7-19-12/h10-12,15H,2-9H2,1H3. The summed E-state index contributed by atoms with van der Waals surface area (Å²) in [4.78, 5) is 4.47. The summed E-state index contributed by atoms with van der Waals surface area (Å²) < 4.78 is 16.3. The molecular formula is C14H23N3O3. The Morgan fingerprint density at radius 1 is 1.35 bits per heavy atom. The molecule has 3 rings (SSSR count). The first-order valence-electron chi connectivity index (χ1n) is 7.62. The molecular weight excluding hydrogens is 258 g/mol. The number of hydrogen-bond donors (Lipinski definition) is 1. The number of nitrogens with one attached hydrogen (secondary N) is 1. The van der Waals surface area contributed by atoms with E-state index < -0.39 is 0 Å². The van der Waals surface area contributed by atoms with Crippen molar-refractivity contribution in [3.63, 3.8) is 0 Å². The Bertz CT molecular complexity index is 414. The van der Waals surface area contributed by atoms with E-state index in [1.165, 1.54) is 12.8 Å². The normalized spacial score (nSPS) is 24.8. The molecule has 2 unspecified atom stereocenters. The van der Waals surface area contributed by atoms with Gasteiger partial charge in [0, 0.05) is 12.5 Å². The molecule has 1 N–H and O–H groups in total. The maximum Gasteiger partial charge on any atom is 0.228 e. The van der Waals surface area contributed by atoms with Crippen LogP contribution in [0.5, 0.6) is 0 Å². The third kappa shape index (κ3) is 3.56. The summed E-state index contributed by atoms with van der Waals surface area (Å²) in [5.74, 6) is 2.09. The highest BCUT2D eigenvalue weighted by atomic mass is 16.6. The first-order valence-corrected chi connectivity index (χ1v) is 7.62. The molecule has 1 saturated carbocycles. The van der Waals surface area contributed by atoms with Gasteiger partial charge in [-0.3, -0.25) is 0 Å². The highest BCUT2D eigenvalue weighted by Crippen LogP contribution is 2.34. The summed E-state index contributed by atoms with van der Waals surface area (Å²) in [6, 6.07) is 0.465. The van der Waals surface area contributed by atoms with Crippen molar-refractivity contribution in [1.82, 2.24) is 15.5 Å². The third-order valence-corrected chi connectivity index (χ3v) is 3.83. The molecule has 0 bridgehead atoms. The van der Waals surface area contributed by atoms with Gasteiger partial charge in [0.2, 0.25) is 11.7 Å². The molecule has 0 aromatic carbocycles. The maximum absolute atomic E-state index is 5.58. The lowest BCUT2D eigenvalue weighted by Crippen LogP contribution is -2.33. The summed E-state index contributed by atoms with van der Waals surface area (Å²) in [6.07, 6.45) is 4.39. The second-order valence-corrected chi connectivity index (χ2v) is 5.58. The molecule has 0 radical (unpaired) electrons. The molecule has 1 saturated heterocycles. The topological polar surface area (TPSA) is 69.4 Å². The fourth-order valence-electron chi connectivity index (χ4n) is 2.54. The van der Waals surface area contributed by atoms with Crippen LogP contribution < -0.4 is 5.32 Å². The van der Waals surface area contributed by atoms with Gasteiger partial charge in [-0.25, -0.2) is 0 Å².